The van der Waals surface area contributed by atoms with Crippen LogP contribution in [0.4, 0.5) is 5.95 Å². The molecule has 1 aliphatic rings. The fourth-order valence-corrected chi connectivity index (χ4v) is 1.99. The highest BCUT2D eigenvalue weighted by molar-refractivity contribution is 5.59. The van der Waals surface area contributed by atoms with E-state index in [4.69, 9.17) is 0 Å². The normalized spacial score (nSPS) is 16.6. The largest absolute Gasteiger partial charge is 0.367 e. The number of imidazole rings is 1. The fourth-order valence-electron chi connectivity index (χ4n) is 1.99. The summed E-state index contributed by atoms with van der Waals surface area (Å²) in [5.74, 6) is 0.970. The molecule has 84 valence electrons. The third-order valence-corrected chi connectivity index (χ3v) is 2.89. The van der Waals surface area contributed by atoms with Gasteiger partial charge in [-0.1, -0.05) is 0 Å². The quantitative estimate of drug-likeness (QED) is 0.698. The second kappa shape index (κ2) is 4.02. The monoisotopic (exact) mass is 217 g/mol. The predicted molar refractivity (Wildman–Crippen MR) is 63.5 cm³/mol. The van der Waals surface area contributed by atoms with Gasteiger partial charge in [-0.25, -0.2) is 4.98 Å². The lowest BCUT2D eigenvalue weighted by atomic mass is 10.3. The van der Waals surface area contributed by atoms with E-state index < -0.39 is 0 Å². The van der Waals surface area contributed by atoms with Gasteiger partial charge in [0.1, 0.15) is 0 Å². The van der Waals surface area contributed by atoms with E-state index in [2.05, 4.69) is 25.2 Å². The smallest absolute Gasteiger partial charge is 0.203 e. The molecule has 0 amide bonds. The maximum absolute atomic E-state index is 4.42. The molecule has 0 aromatic carbocycles. The molecule has 1 saturated heterocycles. The van der Waals surface area contributed by atoms with E-state index in [9.17, 15) is 0 Å². The van der Waals surface area contributed by atoms with Crippen molar-refractivity contribution in [2.24, 2.45) is 0 Å². The molecule has 0 atom stereocenters. The number of anilines is 1. The Morgan fingerprint density at radius 2 is 2.12 bits per heavy atom. The third kappa shape index (κ3) is 1.69. The molecule has 3 heterocycles. The van der Waals surface area contributed by atoms with Crippen LogP contribution in [0.25, 0.3) is 11.3 Å². The maximum Gasteiger partial charge on any atom is 0.203 e. The summed E-state index contributed by atoms with van der Waals surface area (Å²) in [6.45, 7) is 4.08. The van der Waals surface area contributed by atoms with Gasteiger partial charge in [0.15, 0.2) is 0 Å². The van der Waals surface area contributed by atoms with Crippen LogP contribution in [0.2, 0.25) is 0 Å². The lowest BCUT2D eigenvalue weighted by Crippen LogP contribution is -2.44. The van der Waals surface area contributed by atoms with E-state index in [0.29, 0.717) is 0 Å². The lowest BCUT2D eigenvalue weighted by Gasteiger charge is -2.26. The highest BCUT2D eigenvalue weighted by atomic mass is 15.3. The van der Waals surface area contributed by atoms with E-state index in [1.54, 1.807) is 0 Å². The highest BCUT2D eigenvalue weighted by Crippen LogP contribution is 2.19. The van der Waals surface area contributed by atoms with Gasteiger partial charge in [0.25, 0.3) is 0 Å². The van der Waals surface area contributed by atoms with Crippen LogP contribution in [-0.4, -0.2) is 41.1 Å². The molecular weight excluding hydrogens is 202 g/mol. The first-order valence-electron chi connectivity index (χ1n) is 5.57. The molecule has 1 fully saturated rings. The molecule has 5 heteroatoms. The number of piperazine rings is 1. The Hall–Kier alpha value is -1.75. The van der Waals surface area contributed by atoms with Gasteiger partial charge in [0, 0.05) is 44.1 Å². The summed E-state index contributed by atoms with van der Waals surface area (Å²) in [4.78, 5) is 13.1. The van der Waals surface area contributed by atoms with Crippen molar-refractivity contribution in [3.05, 3.63) is 24.7 Å². The van der Waals surface area contributed by atoms with E-state index in [1.165, 1.54) is 0 Å². The van der Waals surface area contributed by atoms with Crippen LogP contribution in [-0.2, 0) is 0 Å². The first-order chi connectivity index (χ1) is 7.93. The maximum atomic E-state index is 4.42. The van der Waals surface area contributed by atoms with Gasteiger partial charge in [-0.2, -0.15) is 0 Å². The zero-order valence-electron chi connectivity index (χ0n) is 9.03. The minimum atomic E-state index is 0.970. The molecule has 0 saturated carbocycles. The standard InChI is InChI=1S/C11H15N5/c1-2-13-7-9(1)10-8-14-11(15-10)16-5-3-12-4-6-16/h1-2,7-8,12-13H,3-6H2,(H,14,15). The number of hydrogen-bond donors (Lipinski definition) is 3. The number of aromatic nitrogens is 3. The number of H-pyrrole nitrogens is 2. The predicted octanol–water partition coefficient (Wildman–Crippen LogP) is 0.814. The Labute approximate surface area is 93.9 Å². The van der Waals surface area contributed by atoms with Crippen LogP contribution in [0.3, 0.4) is 0 Å². The van der Waals surface area contributed by atoms with Gasteiger partial charge in [0.05, 0.1) is 11.9 Å². The van der Waals surface area contributed by atoms with Gasteiger partial charge in [-0.05, 0) is 6.07 Å². The van der Waals surface area contributed by atoms with Crippen molar-refractivity contribution in [3.63, 3.8) is 0 Å². The molecule has 0 radical (unpaired) electrons. The number of hydrogen-bond acceptors (Lipinski definition) is 3. The van der Waals surface area contributed by atoms with E-state index in [-0.39, 0.29) is 0 Å². The number of rotatable bonds is 2. The average molecular weight is 217 g/mol. The molecule has 0 aliphatic carbocycles. The second-order valence-electron chi connectivity index (χ2n) is 3.96. The summed E-state index contributed by atoms with van der Waals surface area (Å²) >= 11 is 0. The lowest BCUT2D eigenvalue weighted by molar-refractivity contribution is 0.581. The van der Waals surface area contributed by atoms with Crippen molar-refractivity contribution in [1.82, 2.24) is 20.3 Å². The van der Waals surface area contributed by atoms with Crippen LogP contribution >= 0.6 is 0 Å². The van der Waals surface area contributed by atoms with Crippen LogP contribution in [0.15, 0.2) is 24.7 Å². The SMILES string of the molecule is c1cc(-c2cnc(N3CCNCC3)[nH]2)c[nH]1. The molecule has 1 aliphatic heterocycles. The Morgan fingerprint density at radius 1 is 1.25 bits per heavy atom. The minimum Gasteiger partial charge on any atom is -0.367 e. The molecule has 3 rings (SSSR count). The van der Waals surface area contributed by atoms with Crippen LogP contribution in [0.5, 0.6) is 0 Å². The number of aromatic amines is 2. The Balaban J connectivity index is 1.82. The number of nitrogens with zero attached hydrogens (tertiary/aromatic N) is 2. The molecule has 0 spiro atoms. The summed E-state index contributed by atoms with van der Waals surface area (Å²) in [6.07, 6.45) is 5.77. The minimum absolute atomic E-state index is 0.970. The van der Waals surface area contributed by atoms with Crippen molar-refractivity contribution in [3.8, 4) is 11.3 Å². The Bertz CT molecular complexity index is 439. The van der Waals surface area contributed by atoms with Crippen molar-refractivity contribution < 1.29 is 0 Å². The zero-order valence-corrected chi connectivity index (χ0v) is 9.03. The van der Waals surface area contributed by atoms with Crippen molar-refractivity contribution >= 4 is 5.95 Å². The molecule has 0 unspecified atom stereocenters. The molecule has 2 aromatic rings. The van der Waals surface area contributed by atoms with E-state index >= 15 is 0 Å². The van der Waals surface area contributed by atoms with Gasteiger partial charge in [0.2, 0.25) is 5.95 Å². The molecule has 3 N–H and O–H groups in total. The van der Waals surface area contributed by atoms with E-state index in [1.807, 2.05) is 24.7 Å². The Kier molecular flexibility index (Phi) is 2.38. The molecule has 16 heavy (non-hydrogen) atoms. The van der Waals surface area contributed by atoms with Crippen LogP contribution in [0.1, 0.15) is 0 Å². The average Bonchev–Trinajstić information content (AvgIpc) is 3.01. The van der Waals surface area contributed by atoms with Crippen molar-refractivity contribution in [1.29, 1.82) is 0 Å². The summed E-state index contributed by atoms with van der Waals surface area (Å²) in [7, 11) is 0. The van der Waals surface area contributed by atoms with E-state index in [0.717, 1.165) is 43.4 Å². The summed E-state index contributed by atoms with van der Waals surface area (Å²) in [5, 5.41) is 3.33. The second-order valence-corrected chi connectivity index (χ2v) is 3.96. The summed E-state index contributed by atoms with van der Waals surface area (Å²) < 4.78 is 0. The summed E-state index contributed by atoms with van der Waals surface area (Å²) in [6, 6.07) is 2.04. The highest BCUT2D eigenvalue weighted by Gasteiger charge is 2.13. The van der Waals surface area contributed by atoms with Gasteiger partial charge < -0.3 is 20.2 Å². The zero-order chi connectivity index (χ0) is 10.8. The molecule has 5 nitrogen and oxygen atoms in total. The first kappa shape index (κ1) is 9.47. The topological polar surface area (TPSA) is 59.7 Å². The van der Waals surface area contributed by atoms with Crippen molar-refractivity contribution in [2.45, 2.75) is 0 Å². The number of nitrogens with one attached hydrogen (secondary N) is 3. The molecule has 2 aromatic heterocycles. The van der Waals surface area contributed by atoms with Crippen molar-refractivity contribution in [2.75, 3.05) is 31.1 Å². The molecule has 0 bridgehead atoms. The third-order valence-electron chi connectivity index (χ3n) is 2.89. The Morgan fingerprint density at radius 3 is 2.88 bits per heavy atom. The molecular formula is C11H15N5. The van der Waals surface area contributed by atoms with Crippen LogP contribution in [0, 0.1) is 0 Å². The van der Waals surface area contributed by atoms with Gasteiger partial charge in [-0.15, -0.1) is 0 Å². The first-order valence-corrected chi connectivity index (χ1v) is 5.57. The van der Waals surface area contributed by atoms with Gasteiger partial charge in [-0.3, -0.25) is 0 Å². The van der Waals surface area contributed by atoms with Gasteiger partial charge >= 0.3 is 0 Å². The van der Waals surface area contributed by atoms with Crippen LogP contribution < -0.4 is 10.2 Å². The fraction of sp³-hybridized carbons (Fsp3) is 0.364. The summed E-state index contributed by atoms with van der Waals surface area (Å²) in [5.41, 5.74) is 2.21.